The Morgan fingerprint density at radius 2 is 1.79 bits per heavy atom. The van der Waals surface area contributed by atoms with E-state index in [4.69, 9.17) is 5.73 Å². The summed E-state index contributed by atoms with van der Waals surface area (Å²) in [6, 6.07) is 14.9. The zero-order valence-corrected chi connectivity index (χ0v) is 16.4. The predicted octanol–water partition coefficient (Wildman–Crippen LogP) is 2.06. The maximum atomic E-state index is 13.0. The minimum atomic E-state index is -0.737. The van der Waals surface area contributed by atoms with E-state index >= 15 is 0 Å². The molecule has 2 aromatic carbocycles. The van der Waals surface area contributed by atoms with Gasteiger partial charge in [0.05, 0.1) is 12.3 Å². The number of carbonyl (C=O) groups excluding carboxylic acids is 1. The fraction of sp³-hybridized carbons (Fsp3) is 0.150. The average molecular weight is 414 g/mol. The minimum absolute atomic E-state index is 0.0127. The molecule has 0 spiro atoms. The molecule has 7 nitrogen and oxygen atoms in total. The quantitative estimate of drug-likeness (QED) is 0.602. The second-order valence-corrected chi connectivity index (χ2v) is 7.31. The van der Waals surface area contributed by atoms with Crippen LogP contribution in [0, 0.1) is 5.82 Å². The number of hydrogen-bond donors (Lipinski definition) is 2. The molecule has 1 amide bonds. The van der Waals surface area contributed by atoms with Crippen molar-refractivity contribution in [3.63, 3.8) is 0 Å². The topological polar surface area (TPSA) is 101 Å². The van der Waals surface area contributed by atoms with Gasteiger partial charge >= 0.3 is 5.69 Å². The third kappa shape index (κ3) is 4.75. The van der Waals surface area contributed by atoms with Gasteiger partial charge < -0.3 is 10.6 Å². The van der Waals surface area contributed by atoms with E-state index in [2.05, 4.69) is 4.98 Å². The third-order valence-electron chi connectivity index (χ3n) is 4.28. The maximum absolute atomic E-state index is 13.0. The number of thioether (sulfide) groups is 1. The summed E-state index contributed by atoms with van der Waals surface area (Å²) in [6.45, 7) is 0.154. The van der Waals surface area contributed by atoms with E-state index in [0.29, 0.717) is 4.90 Å². The van der Waals surface area contributed by atoms with Crippen LogP contribution in [-0.4, -0.2) is 28.3 Å². The van der Waals surface area contributed by atoms with E-state index < -0.39 is 11.2 Å². The van der Waals surface area contributed by atoms with Crippen LogP contribution in [0.1, 0.15) is 5.56 Å². The molecule has 0 aliphatic carbocycles. The summed E-state index contributed by atoms with van der Waals surface area (Å²) < 4.78 is 14.2. The van der Waals surface area contributed by atoms with Gasteiger partial charge in [0, 0.05) is 11.9 Å². The summed E-state index contributed by atoms with van der Waals surface area (Å²) in [5, 5.41) is 0. The Labute approximate surface area is 170 Å². The van der Waals surface area contributed by atoms with Gasteiger partial charge in [-0.2, -0.15) is 0 Å². The van der Waals surface area contributed by atoms with Crippen molar-refractivity contribution < 1.29 is 9.18 Å². The molecule has 0 bridgehead atoms. The third-order valence-corrected chi connectivity index (χ3v) is 5.28. The molecular formula is C20H19FN4O3S. The Balaban J connectivity index is 1.83. The summed E-state index contributed by atoms with van der Waals surface area (Å²) in [6.07, 6.45) is 0. The molecule has 0 fully saturated rings. The van der Waals surface area contributed by atoms with Gasteiger partial charge in [0.1, 0.15) is 11.6 Å². The number of benzene rings is 2. The maximum Gasteiger partial charge on any atom is 0.330 e. The zero-order valence-electron chi connectivity index (χ0n) is 15.6. The number of nitrogens with one attached hydrogen (secondary N) is 1. The number of carbonyl (C=O) groups is 1. The molecule has 3 N–H and O–H groups in total. The fourth-order valence-corrected chi connectivity index (χ4v) is 3.53. The molecular weight excluding hydrogens is 395 g/mol. The average Bonchev–Trinajstić information content (AvgIpc) is 2.71. The number of rotatable bonds is 6. The zero-order chi connectivity index (χ0) is 21.0. The first-order valence-electron chi connectivity index (χ1n) is 8.68. The molecule has 1 heterocycles. The predicted molar refractivity (Wildman–Crippen MR) is 112 cm³/mol. The summed E-state index contributed by atoms with van der Waals surface area (Å²) in [5.74, 6) is -0.830. The molecule has 3 aromatic rings. The summed E-state index contributed by atoms with van der Waals surface area (Å²) in [5.41, 5.74) is 5.44. The summed E-state index contributed by atoms with van der Waals surface area (Å²) in [4.78, 5) is 41.2. The summed E-state index contributed by atoms with van der Waals surface area (Å²) >= 11 is 1.20. The van der Waals surface area contributed by atoms with Gasteiger partial charge in [-0.1, -0.05) is 30.3 Å². The number of amides is 1. The van der Waals surface area contributed by atoms with E-state index in [1.165, 1.54) is 35.5 Å². The molecule has 3 rings (SSSR count). The largest absolute Gasteiger partial charge is 0.383 e. The number of aromatic nitrogens is 2. The van der Waals surface area contributed by atoms with Crippen LogP contribution in [0.2, 0.25) is 0 Å². The van der Waals surface area contributed by atoms with Crippen molar-refractivity contribution in [3.05, 3.63) is 86.8 Å². The van der Waals surface area contributed by atoms with Crippen molar-refractivity contribution >= 4 is 29.2 Å². The number of aromatic amines is 1. The SMILES string of the molecule is CN(C(=O)CSc1ccc(F)cc1)c1c(N)n(Cc2ccccc2)c(=O)[nH]c1=O. The van der Waals surface area contributed by atoms with E-state index in [1.54, 1.807) is 12.1 Å². The van der Waals surface area contributed by atoms with Crippen LogP contribution in [-0.2, 0) is 11.3 Å². The van der Waals surface area contributed by atoms with Gasteiger partial charge in [0.2, 0.25) is 5.91 Å². The smallest absolute Gasteiger partial charge is 0.330 e. The first kappa shape index (κ1) is 20.4. The molecule has 9 heteroatoms. The van der Waals surface area contributed by atoms with Crippen molar-refractivity contribution in [2.45, 2.75) is 11.4 Å². The molecule has 150 valence electrons. The Hall–Kier alpha value is -3.33. The lowest BCUT2D eigenvalue weighted by atomic mass is 10.2. The van der Waals surface area contributed by atoms with Crippen LogP contribution in [0.25, 0.3) is 0 Å². The van der Waals surface area contributed by atoms with Gasteiger partial charge in [0.15, 0.2) is 5.69 Å². The van der Waals surface area contributed by atoms with Crippen molar-refractivity contribution in [2.75, 3.05) is 23.4 Å². The van der Waals surface area contributed by atoms with Gasteiger partial charge in [-0.05, 0) is 29.8 Å². The molecule has 0 saturated carbocycles. The van der Waals surface area contributed by atoms with Crippen LogP contribution in [0.3, 0.4) is 0 Å². The number of anilines is 2. The van der Waals surface area contributed by atoms with Gasteiger partial charge in [-0.15, -0.1) is 11.8 Å². The summed E-state index contributed by atoms with van der Waals surface area (Å²) in [7, 11) is 1.42. The highest BCUT2D eigenvalue weighted by Crippen LogP contribution is 2.21. The van der Waals surface area contributed by atoms with E-state index in [1.807, 2.05) is 30.3 Å². The Morgan fingerprint density at radius 1 is 1.14 bits per heavy atom. The van der Waals surface area contributed by atoms with E-state index in [9.17, 15) is 18.8 Å². The van der Waals surface area contributed by atoms with Crippen LogP contribution < -0.4 is 21.9 Å². The number of nitrogen functional groups attached to an aromatic ring is 1. The minimum Gasteiger partial charge on any atom is -0.383 e. The normalized spacial score (nSPS) is 10.7. The molecule has 0 aliphatic heterocycles. The van der Waals surface area contributed by atoms with Crippen molar-refractivity contribution in [3.8, 4) is 0 Å². The monoisotopic (exact) mass is 414 g/mol. The highest BCUT2D eigenvalue weighted by Gasteiger charge is 2.21. The lowest BCUT2D eigenvalue weighted by molar-refractivity contribution is -0.115. The van der Waals surface area contributed by atoms with E-state index in [-0.39, 0.29) is 35.5 Å². The molecule has 29 heavy (non-hydrogen) atoms. The Morgan fingerprint density at radius 3 is 2.45 bits per heavy atom. The number of hydrogen-bond acceptors (Lipinski definition) is 5. The first-order chi connectivity index (χ1) is 13.9. The van der Waals surface area contributed by atoms with Crippen molar-refractivity contribution in [1.82, 2.24) is 9.55 Å². The Bertz CT molecular complexity index is 1130. The molecule has 1 aromatic heterocycles. The highest BCUT2D eigenvalue weighted by molar-refractivity contribution is 8.00. The molecule has 0 unspecified atom stereocenters. The standard InChI is InChI=1S/C20H19FN4O3S/c1-24(16(26)12-29-15-9-7-14(21)8-10-15)17-18(22)25(20(28)23-19(17)27)11-13-5-3-2-4-6-13/h2-10H,11-12,22H2,1H3,(H,23,27,28). The molecule has 0 atom stereocenters. The van der Waals surface area contributed by atoms with Crippen LogP contribution in [0.5, 0.6) is 0 Å². The van der Waals surface area contributed by atoms with Crippen LogP contribution in [0.4, 0.5) is 15.9 Å². The Kier molecular flexibility index (Phi) is 6.18. The fourth-order valence-electron chi connectivity index (χ4n) is 2.72. The second kappa shape index (κ2) is 8.78. The van der Waals surface area contributed by atoms with Crippen LogP contribution in [0.15, 0.2) is 69.1 Å². The number of nitrogens with zero attached hydrogens (tertiary/aromatic N) is 2. The van der Waals surface area contributed by atoms with Crippen LogP contribution >= 0.6 is 11.8 Å². The lowest BCUT2D eigenvalue weighted by Crippen LogP contribution is -2.40. The second-order valence-electron chi connectivity index (χ2n) is 6.26. The van der Waals surface area contributed by atoms with Crippen molar-refractivity contribution in [2.24, 2.45) is 0 Å². The molecule has 0 saturated heterocycles. The molecule has 0 radical (unpaired) electrons. The van der Waals surface area contributed by atoms with Crippen molar-refractivity contribution in [1.29, 1.82) is 0 Å². The lowest BCUT2D eigenvalue weighted by Gasteiger charge is -2.20. The first-order valence-corrected chi connectivity index (χ1v) is 9.67. The number of H-pyrrole nitrogens is 1. The van der Waals surface area contributed by atoms with E-state index in [0.717, 1.165) is 10.5 Å². The van der Waals surface area contributed by atoms with Gasteiger partial charge in [-0.25, -0.2) is 9.18 Å². The number of nitrogens with two attached hydrogens (primary N) is 1. The highest BCUT2D eigenvalue weighted by atomic mass is 32.2. The number of halogens is 1. The van der Waals surface area contributed by atoms with Gasteiger partial charge in [0.25, 0.3) is 5.56 Å². The molecule has 0 aliphatic rings. The van der Waals surface area contributed by atoms with Gasteiger partial charge in [-0.3, -0.25) is 19.1 Å².